The standard InChI is InChI=1S/C23H26N4O/c24-20-8-4-3-7-19(20)22-13-14-25-23-15-21(26-27(22)23)16-9-11-18(12-10-16)28-17-5-1-2-6-17/h3-4,7-12,15,17,22,25H,1-2,5-6,13-14,24H2. The Hall–Kier alpha value is -2.95. The van der Waals surface area contributed by atoms with Crippen LogP contribution >= 0.6 is 0 Å². The highest BCUT2D eigenvalue weighted by molar-refractivity contribution is 5.65. The lowest BCUT2D eigenvalue weighted by Crippen LogP contribution is -2.24. The summed E-state index contributed by atoms with van der Waals surface area (Å²) < 4.78 is 8.16. The van der Waals surface area contributed by atoms with E-state index < -0.39 is 0 Å². The highest BCUT2D eigenvalue weighted by atomic mass is 16.5. The van der Waals surface area contributed by atoms with E-state index in [1.165, 1.54) is 25.7 Å². The number of para-hydroxylation sites is 1. The van der Waals surface area contributed by atoms with Crippen molar-refractivity contribution in [2.75, 3.05) is 17.6 Å². The Balaban J connectivity index is 1.41. The number of nitrogens with one attached hydrogen (secondary N) is 1. The second-order valence-electron chi connectivity index (χ2n) is 7.77. The third-order valence-corrected chi connectivity index (χ3v) is 5.86. The number of aromatic nitrogens is 2. The molecule has 2 aromatic carbocycles. The van der Waals surface area contributed by atoms with Crippen LogP contribution in [0.25, 0.3) is 11.3 Å². The number of ether oxygens (including phenoxy) is 1. The van der Waals surface area contributed by atoms with Crippen molar-refractivity contribution in [3.05, 3.63) is 60.2 Å². The van der Waals surface area contributed by atoms with Crippen molar-refractivity contribution in [2.45, 2.75) is 44.2 Å². The number of rotatable bonds is 4. The summed E-state index contributed by atoms with van der Waals surface area (Å²) in [5, 5.41) is 8.38. The smallest absolute Gasteiger partial charge is 0.125 e. The molecular formula is C23H26N4O. The van der Waals surface area contributed by atoms with Gasteiger partial charge in [-0.15, -0.1) is 0 Å². The van der Waals surface area contributed by atoms with E-state index in [0.717, 1.165) is 47.0 Å². The van der Waals surface area contributed by atoms with Crippen LogP contribution in [0.5, 0.6) is 5.75 Å². The first-order valence-electron chi connectivity index (χ1n) is 10.2. The number of nitrogens with two attached hydrogens (primary N) is 1. The van der Waals surface area contributed by atoms with Crippen LogP contribution in [0.2, 0.25) is 0 Å². The van der Waals surface area contributed by atoms with Crippen molar-refractivity contribution >= 4 is 11.5 Å². The summed E-state index contributed by atoms with van der Waals surface area (Å²) in [7, 11) is 0. The summed E-state index contributed by atoms with van der Waals surface area (Å²) in [4.78, 5) is 0. The number of anilines is 2. The third kappa shape index (κ3) is 3.21. The molecule has 3 aromatic rings. The number of hydrogen-bond acceptors (Lipinski definition) is 4. The van der Waals surface area contributed by atoms with E-state index in [4.69, 9.17) is 15.6 Å². The lowest BCUT2D eigenvalue weighted by Gasteiger charge is -2.26. The molecule has 5 rings (SSSR count). The molecule has 1 unspecified atom stereocenters. The first kappa shape index (κ1) is 17.2. The molecule has 28 heavy (non-hydrogen) atoms. The Labute approximate surface area is 165 Å². The number of nitrogen functional groups attached to an aromatic ring is 1. The van der Waals surface area contributed by atoms with Gasteiger partial charge in [-0.1, -0.05) is 18.2 Å². The van der Waals surface area contributed by atoms with Gasteiger partial charge in [0.25, 0.3) is 0 Å². The molecule has 2 heterocycles. The summed E-state index contributed by atoms with van der Waals surface area (Å²) in [5.74, 6) is 1.99. The fourth-order valence-electron chi connectivity index (χ4n) is 4.37. The van der Waals surface area contributed by atoms with Crippen LogP contribution < -0.4 is 15.8 Å². The minimum absolute atomic E-state index is 0.163. The molecule has 0 amide bonds. The molecule has 144 valence electrons. The number of fused-ring (bicyclic) bond motifs is 1. The summed E-state index contributed by atoms with van der Waals surface area (Å²) >= 11 is 0. The van der Waals surface area contributed by atoms with Gasteiger partial charge >= 0.3 is 0 Å². The van der Waals surface area contributed by atoms with Gasteiger partial charge in [-0.2, -0.15) is 5.10 Å². The molecule has 0 spiro atoms. The van der Waals surface area contributed by atoms with Crippen molar-refractivity contribution < 1.29 is 4.74 Å². The van der Waals surface area contributed by atoms with Gasteiger partial charge < -0.3 is 15.8 Å². The van der Waals surface area contributed by atoms with E-state index in [1.54, 1.807) is 0 Å². The number of nitrogens with zero attached hydrogens (tertiary/aromatic N) is 2. The molecule has 0 bridgehead atoms. The van der Waals surface area contributed by atoms with Crippen LogP contribution in [0.15, 0.2) is 54.6 Å². The minimum atomic E-state index is 0.163. The van der Waals surface area contributed by atoms with Gasteiger partial charge in [-0.05, 0) is 68.0 Å². The zero-order valence-electron chi connectivity index (χ0n) is 16.0. The average molecular weight is 374 g/mol. The molecular weight excluding hydrogens is 348 g/mol. The Kier molecular flexibility index (Phi) is 4.43. The fourth-order valence-corrected chi connectivity index (χ4v) is 4.37. The maximum atomic E-state index is 6.23. The van der Waals surface area contributed by atoms with E-state index in [2.05, 4.69) is 46.4 Å². The molecule has 0 saturated heterocycles. The highest BCUT2D eigenvalue weighted by Crippen LogP contribution is 2.35. The van der Waals surface area contributed by atoms with Crippen molar-refractivity contribution in [3.8, 4) is 17.0 Å². The van der Waals surface area contributed by atoms with Gasteiger partial charge in [0.05, 0.1) is 17.8 Å². The van der Waals surface area contributed by atoms with Crippen molar-refractivity contribution in [1.82, 2.24) is 9.78 Å². The maximum Gasteiger partial charge on any atom is 0.125 e. The fraction of sp³-hybridized carbons (Fsp3) is 0.348. The monoisotopic (exact) mass is 374 g/mol. The van der Waals surface area contributed by atoms with Crippen LogP contribution in [-0.4, -0.2) is 22.4 Å². The third-order valence-electron chi connectivity index (χ3n) is 5.86. The predicted molar refractivity (Wildman–Crippen MR) is 113 cm³/mol. The van der Waals surface area contributed by atoms with E-state index in [1.807, 2.05) is 18.2 Å². The molecule has 0 radical (unpaired) electrons. The number of benzene rings is 2. The zero-order valence-corrected chi connectivity index (χ0v) is 16.0. The van der Waals surface area contributed by atoms with Crippen molar-refractivity contribution in [3.63, 3.8) is 0 Å². The molecule has 2 aliphatic rings. The topological polar surface area (TPSA) is 65.1 Å². The molecule has 1 atom stereocenters. The summed E-state index contributed by atoms with van der Waals surface area (Å²) in [6.07, 6.45) is 6.26. The minimum Gasteiger partial charge on any atom is -0.490 e. The second kappa shape index (κ2) is 7.23. The molecule has 1 fully saturated rings. The van der Waals surface area contributed by atoms with Gasteiger partial charge in [0.15, 0.2) is 0 Å². The molecule has 1 aliphatic carbocycles. The van der Waals surface area contributed by atoms with Crippen molar-refractivity contribution in [1.29, 1.82) is 0 Å². The maximum absolute atomic E-state index is 6.23. The van der Waals surface area contributed by atoms with Gasteiger partial charge in [-0.3, -0.25) is 0 Å². The molecule has 5 nitrogen and oxygen atoms in total. The molecule has 1 aromatic heterocycles. The van der Waals surface area contributed by atoms with Crippen LogP contribution in [0, 0.1) is 0 Å². The first-order chi connectivity index (χ1) is 13.8. The van der Waals surface area contributed by atoms with Gasteiger partial charge in [0, 0.05) is 23.9 Å². The Morgan fingerprint density at radius 2 is 1.79 bits per heavy atom. The van der Waals surface area contributed by atoms with E-state index in [-0.39, 0.29) is 6.04 Å². The normalized spacial score (nSPS) is 19.2. The molecule has 1 saturated carbocycles. The van der Waals surface area contributed by atoms with Gasteiger partial charge in [-0.25, -0.2) is 4.68 Å². The number of hydrogen-bond donors (Lipinski definition) is 2. The van der Waals surface area contributed by atoms with Gasteiger partial charge in [0.1, 0.15) is 11.6 Å². The summed E-state index contributed by atoms with van der Waals surface area (Å²) in [5.41, 5.74) is 10.3. The van der Waals surface area contributed by atoms with Crippen molar-refractivity contribution in [2.24, 2.45) is 0 Å². The van der Waals surface area contributed by atoms with E-state index in [0.29, 0.717) is 6.10 Å². The Bertz CT molecular complexity index is 957. The second-order valence-corrected chi connectivity index (χ2v) is 7.77. The Morgan fingerprint density at radius 1 is 1.00 bits per heavy atom. The Morgan fingerprint density at radius 3 is 2.57 bits per heavy atom. The zero-order chi connectivity index (χ0) is 18.9. The van der Waals surface area contributed by atoms with E-state index >= 15 is 0 Å². The molecule has 3 N–H and O–H groups in total. The van der Waals surface area contributed by atoms with Crippen LogP contribution in [0.3, 0.4) is 0 Å². The van der Waals surface area contributed by atoms with Crippen LogP contribution in [-0.2, 0) is 0 Å². The highest BCUT2D eigenvalue weighted by Gasteiger charge is 2.25. The van der Waals surface area contributed by atoms with E-state index in [9.17, 15) is 0 Å². The predicted octanol–water partition coefficient (Wildman–Crippen LogP) is 4.86. The quantitative estimate of drug-likeness (QED) is 0.640. The van der Waals surface area contributed by atoms with Gasteiger partial charge in [0.2, 0.25) is 0 Å². The SMILES string of the molecule is Nc1ccccc1C1CCNc2cc(-c3ccc(OC4CCCC4)cc3)nn21. The molecule has 1 aliphatic heterocycles. The summed E-state index contributed by atoms with van der Waals surface area (Å²) in [6.45, 7) is 0.915. The average Bonchev–Trinajstić information content (AvgIpc) is 3.38. The van der Waals surface area contributed by atoms with Crippen LogP contribution in [0.4, 0.5) is 11.5 Å². The van der Waals surface area contributed by atoms with Crippen LogP contribution in [0.1, 0.15) is 43.7 Å². The molecule has 5 heteroatoms. The largest absolute Gasteiger partial charge is 0.490 e. The lowest BCUT2D eigenvalue weighted by atomic mass is 10.0. The first-order valence-corrected chi connectivity index (χ1v) is 10.2. The summed E-state index contributed by atoms with van der Waals surface area (Å²) in [6, 6.07) is 18.7. The lowest BCUT2D eigenvalue weighted by molar-refractivity contribution is 0.210.